The minimum atomic E-state index is -0.303. The van der Waals surface area contributed by atoms with Crippen molar-refractivity contribution in [3.8, 4) is 11.8 Å². The van der Waals surface area contributed by atoms with Gasteiger partial charge >= 0.3 is 0 Å². The van der Waals surface area contributed by atoms with Gasteiger partial charge in [-0.25, -0.2) is 4.68 Å². The Balaban J connectivity index is 2.73. The van der Waals surface area contributed by atoms with Crippen molar-refractivity contribution in [1.29, 1.82) is 0 Å². The van der Waals surface area contributed by atoms with E-state index in [0.717, 1.165) is 0 Å². The Bertz CT molecular complexity index is 456. The number of hydrogen-bond donors (Lipinski definition) is 1. The molecule has 0 aliphatic heterocycles. The van der Waals surface area contributed by atoms with Crippen LogP contribution in [0, 0.1) is 11.8 Å². The summed E-state index contributed by atoms with van der Waals surface area (Å²) in [4.78, 5) is 11.4. The third kappa shape index (κ3) is 3.00. The first-order chi connectivity index (χ1) is 7.16. The van der Waals surface area contributed by atoms with E-state index in [1.165, 1.54) is 10.9 Å². The van der Waals surface area contributed by atoms with Crippen LogP contribution < -0.4 is 10.9 Å². The van der Waals surface area contributed by atoms with Gasteiger partial charge in [-0.1, -0.05) is 11.6 Å². The molecule has 0 atom stereocenters. The molecule has 0 unspecified atom stereocenters. The Hall–Kier alpha value is -1.47. The zero-order valence-corrected chi connectivity index (χ0v) is 9.43. The van der Waals surface area contributed by atoms with E-state index >= 15 is 0 Å². The van der Waals surface area contributed by atoms with Gasteiger partial charge in [0.25, 0.3) is 5.56 Å². The van der Waals surface area contributed by atoms with Crippen LogP contribution in [0.4, 0.5) is 5.69 Å². The predicted octanol–water partition coefficient (Wildman–Crippen LogP) is 1.26. The summed E-state index contributed by atoms with van der Waals surface area (Å²) in [5.41, 5.74) is 0.251. The molecule has 0 fully saturated rings. The molecule has 1 aromatic rings. The summed E-state index contributed by atoms with van der Waals surface area (Å²) in [6.07, 6.45) is 2.24. The van der Waals surface area contributed by atoms with Crippen LogP contribution in [0.15, 0.2) is 11.0 Å². The van der Waals surface area contributed by atoms with Crippen LogP contribution in [0.5, 0.6) is 0 Å². The summed E-state index contributed by atoms with van der Waals surface area (Å²) >= 11 is 5.84. The highest BCUT2D eigenvalue weighted by Crippen LogP contribution is 2.14. The summed E-state index contributed by atoms with van der Waals surface area (Å²) in [6, 6.07) is 0. The molecule has 0 aromatic carbocycles. The zero-order valence-electron chi connectivity index (χ0n) is 8.67. The average molecular weight is 226 g/mol. The molecule has 1 N–H and O–H groups in total. The Morgan fingerprint density at radius 1 is 1.67 bits per heavy atom. The SMILES string of the molecule is CC#CCCNc1cnn(C)c(=O)c1Cl. The highest BCUT2D eigenvalue weighted by Gasteiger charge is 2.05. The van der Waals surface area contributed by atoms with Crippen LogP contribution in [0.2, 0.25) is 5.02 Å². The lowest BCUT2D eigenvalue weighted by atomic mass is 10.4. The predicted molar refractivity (Wildman–Crippen MR) is 61.0 cm³/mol. The molecule has 0 saturated carbocycles. The number of anilines is 1. The summed E-state index contributed by atoms with van der Waals surface area (Å²) in [5.74, 6) is 5.69. The van der Waals surface area contributed by atoms with Gasteiger partial charge in [-0.3, -0.25) is 4.79 Å². The van der Waals surface area contributed by atoms with Gasteiger partial charge in [0.1, 0.15) is 5.02 Å². The largest absolute Gasteiger partial charge is 0.381 e. The monoisotopic (exact) mass is 225 g/mol. The van der Waals surface area contributed by atoms with Gasteiger partial charge in [-0.05, 0) is 6.92 Å². The zero-order chi connectivity index (χ0) is 11.3. The molecule has 0 bridgehead atoms. The van der Waals surface area contributed by atoms with Crippen molar-refractivity contribution in [2.45, 2.75) is 13.3 Å². The molecular formula is C10H12ClN3O. The number of aryl methyl sites for hydroxylation is 1. The maximum Gasteiger partial charge on any atom is 0.287 e. The highest BCUT2D eigenvalue weighted by atomic mass is 35.5. The second-order valence-corrected chi connectivity index (χ2v) is 3.28. The Morgan fingerprint density at radius 3 is 3.07 bits per heavy atom. The first kappa shape index (κ1) is 11.6. The molecule has 1 aromatic heterocycles. The molecule has 1 heterocycles. The van der Waals surface area contributed by atoms with Crippen LogP contribution >= 0.6 is 11.6 Å². The minimum Gasteiger partial charge on any atom is -0.381 e. The fourth-order valence-corrected chi connectivity index (χ4v) is 1.26. The van der Waals surface area contributed by atoms with Crippen molar-refractivity contribution in [2.75, 3.05) is 11.9 Å². The molecule has 15 heavy (non-hydrogen) atoms. The standard InChI is InChI=1S/C10H12ClN3O/c1-3-4-5-6-12-8-7-13-14(2)10(15)9(8)11/h7,12H,5-6H2,1-2H3. The Morgan fingerprint density at radius 2 is 2.40 bits per heavy atom. The summed E-state index contributed by atoms with van der Waals surface area (Å²) in [7, 11) is 1.56. The fraction of sp³-hybridized carbons (Fsp3) is 0.400. The van der Waals surface area contributed by atoms with Gasteiger partial charge < -0.3 is 5.32 Å². The summed E-state index contributed by atoms with van der Waals surface area (Å²) in [5, 5.41) is 7.03. The minimum absolute atomic E-state index is 0.164. The van der Waals surface area contributed by atoms with Crippen molar-refractivity contribution in [2.24, 2.45) is 7.05 Å². The molecule has 0 aliphatic rings. The number of hydrogen-bond acceptors (Lipinski definition) is 3. The molecule has 1 rings (SSSR count). The Kier molecular flexibility index (Phi) is 4.19. The van der Waals surface area contributed by atoms with Crippen molar-refractivity contribution < 1.29 is 0 Å². The second-order valence-electron chi connectivity index (χ2n) is 2.90. The molecule has 5 heteroatoms. The van der Waals surface area contributed by atoms with E-state index in [4.69, 9.17) is 11.6 Å². The van der Waals surface area contributed by atoms with E-state index in [2.05, 4.69) is 22.3 Å². The third-order valence-electron chi connectivity index (χ3n) is 1.82. The number of rotatable bonds is 3. The summed E-state index contributed by atoms with van der Waals surface area (Å²) < 4.78 is 1.19. The van der Waals surface area contributed by atoms with Crippen LogP contribution in [0.3, 0.4) is 0 Å². The first-order valence-electron chi connectivity index (χ1n) is 4.52. The van der Waals surface area contributed by atoms with Crippen LogP contribution in [0.25, 0.3) is 0 Å². The first-order valence-corrected chi connectivity index (χ1v) is 4.90. The molecule has 0 radical (unpaired) electrons. The van der Waals surface area contributed by atoms with E-state index in [0.29, 0.717) is 18.7 Å². The van der Waals surface area contributed by atoms with E-state index < -0.39 is 0 Å². The van der Waals surface area contributed by atoms with Gasteiger partial charge in [-0.2, -0.15) is 5.10 Å². The number of nitrogens with zero attached hydrogens (tertiary/aromatic N) is 2. The topological polar surface area (TPSA) is 46.9 Å². The lowest BCUT2D eigenvalue weighted by Crippen LogP contribution is -2.21. The maximum atomic E-state index is 11.4. The smallest absolute Gasteiger partial charge is 0.287 e. The van der Waals surface area contributed by atoms with Crippen LogP contribution in [0.1, 0.15) is 13.3 Å². The lowest BCUT2D eigenvalue weighted by Gasteiger charge is -2.06. The quantitative estimate of drug-likeness (QED) is 0.622. The van der Waals surface area contributed by atoms with E-state index in [9.17, 15) is 4.79 Å². The third-order valence-corrected chi connectivity index (χ3v) is 2.19. The average Bonchev–Trinajstić information content (AvgIpc) is 2.24. The Labute approximate surface area is 93.3 Å². The van der Waals surface area contributed by atoms with Gasteiger partial charge in [0.05, 0.1) is 11.9 Å². The lowest BCUT2D eigenvalue weighted by molar-refractivity contribution is 0.708. The molecule has 80 valence electrons. The molecular weight excluding hydrogens is 214 g/mol. The van der Waals surface area contributed by atoms with Crippen LogP contribution in [-0.4, -0.2) is 16.3 Å². The number of aromatic nitrogens is 2. The van der Waals surface area contributed by atoms with Crippen molar-refractivity contribution in [3.05, 3.63) is 21.6 Å². The van der Waals surface area contributed by atoms with Crippen LogP contribution in [-0.2, 0) is 7.05 Å². The highest BCUT2D eigenvalue weighted by molar-refractivity contribution is 6.32. The molecule has 0 amide bonds. The fourth-order valence-electron chi connectivity index (χ4n) is 1.02. The van der Waals surface area contributed by atoms with Crippen molar-refractivity contribution >= 4 is 17.3 Å². The van der Waals surface area contributed by atoms with Gasteiger partial charge in [0.15, 0.2) is 0 Å². The van der Waals surface area contributed by atoms with Gasteiger partial charge in [0.2, 0.25) is 0 Å². The van der Waals surface area contributed by atoms with E-state index in [1.807, 2.05) is 0 Å². The second kappa shape index (κ2) is 5.42. The van der Waals surface area contributed by atoms with Gasteiger partial charge in [-0.15, -0.1) is 11.8 Å². The molecule has 0 spiro atoms. The summed E-state index contributed by atoms with van der Waals surface area (Å²) in [6.45, 7) is 2.43. The van der Waals surface area contributed by atoms with Gasteiger partial charge in [0, 0.05) is 20.0 Å². The molecule has 0 aliphatic carbocycles. The molecule has 0 saturated heterocycles. The van der Waals surface area contributed by atoms with E-state index in [-0.39, 0.29) is 10.6 Å². The van der Waals surface area contributed by atoms with Crippen molar-refractivity contribution in [1.82, 2.24) is 9.78 Å². The maximum absolute atomic E-state index is 11.4. The number of nitrogens with one attached hydrogen (secondary N) is 1. The van der Waals surface area contributed by atoms with Crippen molar-refractivity contribution in [3.63, 3.8) is 0 Å². The van der Waals surface area contributed by atoms with E-state index in [1.54, 1.807) is 14.0 Å². The normalized spacial score (nSPS) is 9.27. The number of halogens is 1. The molecule has 4 nitrogen and oxygen atoms in total.